The lowest BCUT2D eigenvalue weighted by Gasteiger charge is -2.22. The first kappa shape index (κ1) is 12.9. The molecule has 2 aliphatic rings. The van der Waals surface area contributed by atoms with Crippen LogP contribution >= 0.6 is 0 Å². The van der Waals surface area contributed by atoms with Gasteiger partial charge >= 0.3 is 0 Å². The normalized spacial score (nSPS) is 26.2. The first-order chi connectivity index (χ1) is 9.33. The number of hydrogen-bond donors (Lipinski definition) is 1. The lowest BCUT2D eigenvalue weighted by molar-refractivity contribution is 0.0902. The fraction of sp³-hybridized carbons (Fsp3) is 0.625. The monoisotopic (exact) mass is 262 g/mol. The Kier molecular flexibility index (Phi) is 4.04. The van der Waals surface area contributed by atoms with Gasteiger partial charge in [-0.3, -0.25) is 0 Å². The van der Waals surface area contributed by atoms with Gasteiger partial charge < -0.3 is 14.6 Å². The van der Waals surface area contributed by atoms with Crippen LogP contribution in [0.15, 0.2) is 18.2 Å². The van der Waals surface area contributed by atoms with Crippen molar-refractivity contribution in [2.24, 2.45) is 0 Å². The number of fused-ring (bicyclic) bond motifs is 1. The zero-order valence-corrected chi connectivity index (χ0v) is 11.3. The van der Waals surface area contributed by atoms with Gasteiger partial charge in [-0.05, 0) is 55.4 Å². The molecule has 1 aliphatic carbocycles. The van der Waals surface area contributed by atoms with Crippen molar-refractivity contribution in [3.8, 4) is 5.75 Å². The van der Waals surface area contributed by atoms with E-state index in [1.54, 1.807) is 0 Å². The molecule has 1 aromatic carbocycles. The molecule has 2 atom stereocenters. The van der Waals surface area contributed by atoms with Crippen molar-refractivity contribution in [3.05, 3.63) is 29.3 Å². The topological polar surface area (TPSA) is 38.7 Å². The van der Waals surface area contributed by atoms with Gasteiger partial charge in [0.15, 0.2) is 0 Å². The van der Waals surface area contributed by atoms with Crippen LogP contribution in [-0.4, -0.2) is 24.4 Å². The van der Waals surface area contributed by atoms with Crippen LogP contribution in [0.1, 0.15) is 49.3 Å². The van der Waals surface area contributed by atoms with E-state index in [9.17, 15) is 5.11 Å². The van der Waals surface area contributed by atoms with Gasteiger partial charge in [0.1, 0.15) is 5.75 Å². The van der Waals surface area contributed by atoms with E-state index >= 15 is 0 Å². The fourth-order valence-electron chi connectivity index (χ4n) is 3.02. The molecule has 3 heteroatoms. The van der Waals surface area contributed by atoms with Crippen LogP contribution in [0.25, 0.3) is 0 Å². The van der Waals surface area contributed by atoms with E-state index in [0.29, 0.717) is 12.7 Å². The number of aliphatic hydroxyl groups excluding tert-OH is 1. The molecular weight excluding hydrogens is 240 g/mol. The van der Waals surface area contributed by atoms with Crippen LogP contribution in [0.4, 0.5) is 0 Å². The van der Waals surface area contributed by atoms with Crippen molar-refractivity contribution >= 4 is 0 Å². The molecule has 0 amide bonds. The molecule has 1 fully saturated rings. The Morgan fingerprint density at radius 3 is 3.05 bits per heavy atom. The molecule has 1 aliphatic heterocycles. The summed E-state index contributed by atoms with van der Waals surface area (Å²) in [4.78, 5) is 0. The summed E-state index contributed by atoms with van der Waals surface area (Å²) in [6.45, 7) is 1.59. The van der Waals surface area contributed by atoms with E-state index in [1.165, 1.54) is 12.0 Å². The standard InChI is InChI=1S/C16H22O3/c17-16-5-1-3-12-6-7-14(11-15(12)16)19-10-8-13-4-2-9-18-13/h6-7,11,13,16-17H,1-5,8-10H2/t13?,16-/m0/s1. The van der Waals surface area contributed by atoms with Crippen LogP contribution in [0.3, 0.4) is 0 Å². The van der Waals surface area contributed by atoms with Crippen LogP contribution in [0.2, 0.25) is 0 Å². The molecule has 1 saturated heterocycles. The Morgan fingerprint density at radius 1 is 1.26 bits per heavy atom. The molecule has 1 heterocycles. The molecule has 19 heavy (non-hydrogen) atoms. The zero-order chi connectivity index (χ0) is 13.1. The van der Waals surface area contributed by atoms with Crippen molar-refractivity contribution in [1.82, 2.24) is 0 Å². The maximum atomic E-state index is 10.0. The lowest BCUT2D eigenvalue weighted by Crippen LogP contribution is -2.12. The Balaban J connectivity index is 1.57. The third-order valence-corrected chi connectivity index (χ3v) is 4.13. The average Bonchev–Trinajstić information content (AvgIpc) is 2.93. The first-order valence-electron chi connectivity index (χ1n) is 7.38. The Labute approximate surface area is 114 Å². The summed E-state index contributed by atoms with van der Waals surface area (Å²) in [6, 6.07) is 6.13. The van der Waals surface area contributed by atoms with Gasteiger partial charge in [0.2, 0.25) is 0 Å². The van der Waals surface area contributed by atoms with Gasteiger partial charge in [-0.1, -0.05) is 6.07 Å². The number of hydrogen-bond acceptors (Lipinski definition) is 3. The number of aliphatic hydroxyl groups is 1. The zero-order valence-electron chi connectivity index (χ0n) is 11.3. The van der Waals surface area contributed by atoms with Gasteiger partial charge in [0.25, 0.3) is 0 Å². The van der Waals surface area contributed by atoms with E-state index in [2.05, 4.69) is 6.07 Å². The predicted octanol–water partition coefficient (Wildman–Crippen LogP) is 3.00. The van der Waals surface area contributed by atoms with Gasteiger partial charge in [0.05, 0.1) is 18.8 Å². The number of benzene rings is 1. The minimum Gasteiger partial charge on any atom is -0.493 e. The maximum absolute atomic E-state index is 10.0. The number of ether oxygens (including phenoxy) is 2. The highest BCUT2D eigenvalue weighted by Gasteiger charge is 2.19. The van der Waals surface area contributed by atoms with Crippen molar-refractivity contribution in [2.75, 3.05) is 13.2 Å². The largest absolute Gasteiger partial charge is 0.493 e. The van der Waals surface area contributed by atoms with Crippen molar-refractivity contribution in [3.63, 3.8) is 0 Å². The van der Waals surface area contributed by atoms with Gasteiger partial charge in [0, 0.05) is 13.0 Å². The molecule has 0 aromatic heterocycles. The summed E-state index contributed by atoms with van der Waals surface area (Å²) >= 11 is 0. The summed E-state index contributed by atoms with van der Waals surface area (Å²) < 4.78 is 11.4. The lowest BCUT2D eigenvalue weighted by atomic mass is 9.89. The number of aryl methyl sites for hydroxylation is 1. The van der Waals surface area contributed by atoms with Gasteiger partial charge in [-0.15, -0.1) is 0 Å². The van der Waals surface area contributed by atoms with E-state index in [-0.39, 0.29) is 6.10 Å². The van der Waals surface area contributed by atoms with Crippen LogP contribution in [0, 0.1) is 0 Å². The second-order valence-corrected chi connectivity index (χ2v) is 5.54. The van der Waals surface area contributed by atoms with Crippen LogP contribution in [0.5, 0.6) is 5.75 Å². The van der Waals surface area contributed by atoms with Crippen molar-refractivity contribution in [1.29, 1.82) is 0 Å². The minimum absolute atomic E-state index is 0.314. The summed E-state index contributed by atoms with van der Waals surface area (Å²) in [5.74, 6) is 0.873. The SMILES string of the molecule is O[C@H]1CCCc2ccc(OCCC3CCCO3)cc21. The first-order valence-corrected chi connectivity index (χ1v) is 7.38. The van der Waals surface area contributed by atoms with Crippen LogP contribution in [-0.2, 0) is 11.2 Å². The van der Waals surface area contributed by atoms with Gasteiger partial charge in [-0.25, -0.2) is 0 Å². The van der Waals surface area contributed by atoms with E-state index in [0.717, 1.165) is 50.0 Å². The number of rotatable bonds is 4. The van der Waals surface area contributed by atoms with E-state index in [1.807, 2.05) is 12.1 Å². The average molecular weight is 262 g/mol. The molecule has 1 unspecified atom stereocenters. The summed E-state index contributed by atoms with van der Waals surface area (Å²) in [6.07, 6.45) is 6.37. The molecule has 1 N–H and O–H groups in total. The maximum Gasteiger partial charge on any atom is 0.119 e. The fourth-order valence-corrected chi connectivity index (χ4v) is 3.02. The van der Waals surface area contributed by atoms with Crippen molar-refractivity contribution in [2.45, 2.75) is 50.7 Å². The van der Waals surface area contributed by atoms with Crippen molar-refractivity contribution < 1.29 is 14.6 Å². The third-order valence-electron chi connectivity index (χ3n) is 4.13. The molecule has 0 bridgehead atoms. The third kappa shape index (κ3) is 3.10. The quantitative estimate of drug-likeness (QED) is 0.906. The summed E-state index contributed by atoms with van der Waals surface area (Å²) in [5, 5.41) is 10.0. The molecule has 3 rings (SSSR count). The van der Waals surface area contributed by atoms with E-state index in [4.69, 9.17) is 9.47 Å². The highest BCUT2D eigenvalue weighted by Crippen LogP contribution is 2.32. The summed E-state index contributed by atoms with van der Waals surface area (Å²) in [7, 11) is 0. The molecule has 0 saturated carbocycles. The van der Waals surface area contributed by atoms with E-state index < -0.39 is 0 Å². The second-order valence-electron chi connectivity index (χ2n) is 5.54. The predicted molar refractivity (Wildman–Crippen MR) is 73.4 cm³/mol. The summed E-state index contributed by atoms with van der Waals surface area (Å²) in [5.41, 5.74) is 2.33. The van der Waals surface area contributed by atoms with Crippen LogP contribution < -0.4 is 4.74 Å². The highest BCUT2D eigenvalue weighted by molar-refractivity contribution is 5.38. The molecule has 104 valence electrons. The molecular formula is C16H22O3. The molecule has 0 radical (unpaired) electrons. The second kappa shape index (κ2) is 5.93. The molecule has 3 nitrogen and oxygen atoms in total. The Bertz CT molecular complexity index is 424. The Hall–Kier alpha value is -1.06. The Morgan fingerprint density at radius 2 is 2.21 bits per heavy atom. The molecule has 0 spiro atoms. The minimum atomic E-state index is -0.314. The molecule has 1 aromatic rings. The smallest absolute Gasteiger partial charge is 0.119 e. The highest BCUT2D eigenvalue weighted by atomic mass is 16.5. The van der Waals surface area contributed by atoms with Gasteiger partial charge in [-0.2, -0.15) is 0 Å².